The van der Waals surface area contributed by atoms with E-state index < -0.39 is 10.0 Å². The maximum atomic E-state index is 12.9. The van der Waals surface area contributed by atoms with E-state index in [0.717, 1.165) is 35.6 Å². The highest BCUT2D eigenvalue weighted by molar-refractivity contribution is 7.90. The molecule has 0 aliphatic heterocycles. The Balaban J connectivity index is 2.23. The van der Waals surface area contributed by atoms with Crippen LogP contribution < -0.4 is 0 Å². The minimum Gasteiger partial charge on any atom is -0.241 e. The molecule has 1 aromatic heterocycles. The average molecular weight is 311 g/mol. The Morgan fingerprint density at radius 3 is 2.41 bits per heavy atom. The van der Waals surface area contributed by atoms with Crippen LogP contribution in [0.1, 0.15) is 11.1 Å². The number of hydrogen-bond acceptors (Lipinski definition) is 2. The Labute approximate surface area is 131 Å². The van der Waals surface area contributed by atoms with Crippen LogP contribution in [0, 0.1) is 6.92 Å². The molecule has 3 rings (SSSR count). The third-order valence-corrected chi connectivity index (χ3v) is 5.55. The van der Waals surface area contributed by atoms with E-state index in [2.05, 4.69) is 6.82 Å². The van der Waals surface area contributed by atoms with Gasteiger partial charge in [-0.05, 0) is 30.7 Å². The predicted octanol–water partition coefficient (Wildman–Crippen LogP) is 3.17. The summed E-state index contributed by atoms with van der Waals surface area (Å²) in [6, 6.07) is 14.7. The lowest BCUT2D eigenvalue weighted by molar-refractivity contribution is 0.589. The van der Waals surface area contributed by atoms with Gasteiger partial charge in [-0.2, -0.15) is 0 Å². The van der Waals surface area contributed by atoms with Crippen LogP contribution in [0.15, 0.2) is 59.6 Å². The lowest BCUT2D eigenvalue weighted by atomic mass is 9.75. The fourth-order valence-electron chi connectivity index (χ4n) is 2.71. The topological polar surface area (TPSA) is 39.1 Å². The lowest BCUT2D eigenvalue weighted by Gasteiger charge is -2.07. The van der Waals surface area contributed by atoms with Crippen molar-refractivity contribution in [3.05, 3.63) is 65.9 Å². The molecule has 1 heterocycles. The van der Waals surface area contributed by atoms with Gasteiger partial charge in [-0.25, -0.2) is 12.4 Å². The molecule has 5 heteroatoms. The Hall–Kier alpha value is -2.01. The number of hydrogen-bond donors (Lipinski definition) is 0. The summed E-state index contributed by atoms with van der Waals surface area (Å²) in [5.41, 5.74) is 2.86. The molecular formula is C17H18BNO2S. The highest BCUT2D eigenvalue weighted by Crippen LogP contribution is 2.26. The number of aromatic nitrogens is 1. The quantitative estimate of drug-likeness (QED) is 0.694. The maximum absolute atomic E-state index is 12.9. The summed E-state index contributed by atoms with van der Waals surface area (Å²) in [4.78, 5) is 0.321. The SMILES string of the molecule is CBCc1cn(S(=O)(=O)c2ccc(C)cc2)c2ccccc12. The summed E-state index contributed by atoms with van der Waals surface area (Å²) in [7, 11) is -2.58. The Morgan fingerprint density at radius 2 is 1.73 bits per heavy atom. The molecule has 0 radical (unpaired) electrons. The van der Waals surface area contributed by atoms with E-state index in [-0.39, 0.29) is 0 Å². The first-order chi connectivity index (χ1) is 10.5. The van der Waals surface area contributed by atoms with Gasteiger partial charge in [-0.15, -0.1) is 0 Å². The molecule has 0 unspecified atom stereocenters. The van der Waals surface area contributed by atoms with E-state index >= 15 is 0 Å². The van der Waals surface area contributed by atoms with E-state index in [1.165, 1.54) is 3.97 Å². The zero-order chi connectivity index (χ0) is 15.7. The standard InChI is InChI=1S/C17H18BNO2S/c1-13-7-9-15(10-8-13)22(20,21)19-12-14(11-18-2)16-5-3-4-6-17(16)19/h3-10,12,18H,11H2,1-2H3. The molecule has 0 atom stereocenters. The van der Waals surface area contributed by atoms with Gasteiger partial charge in [0, 0.05) is 11.6 Å². The summed E-state index contributed by atoms with van der Waals surface area (Å²) in [5, 5.41) is 1.01. The van der Waals surface area contributed by atoms with Crippen LogP contribution in [0.2, 0.25) is 6.82 Å². The van der Waals surface area contributed by atoms with Crippen LogP contribution in [-0.2, 0) is 16.3 Å². The second-order valence-electron chi connectivity index (χ2n) is 5.54. The molecule has 0 saturated heterocycles. The molecule has 3 nitrogen and oxygen atoms in total. The van der Waals surface area contributed by atoms with Gasteiger partial charge in [0.2, 0.25) is 0 Å². The van der Waals surface area contributed by atoms with Crippen LogP contribution in [-0.4, -0.2) is 19.7 Å². The Kier molecular flexibility index (Phi) is 3.83. The van der Waals surface area contributed by atoms with E-state index in [9.17, 15) is 8.42 Å². The van der Waals surface area contributed by atoms with Gasteiger partial charge in [0.1, 0.15) is 7.28 Å². The van der Waals surface area contributed by atoms with Crippen molar-refractivity contribution in [2.24, 2.45) is 0 Å². The predicted molar refractivity (Wildman–Crippen MR) is 92.4 cm³/mol. The molecule has 0 saturated carbocycles. The van der Waals surface area contributed by atoms with Crippen molar-refractivity contribution < 1.29 is 8.42 Å². The largest absolute Gasteiger partial charge is 0.268 e. The minimum atomic E-state index is -3.56. The van der Waals surface area contributed by atoms with Crippen molar-refractivity contribution in [1.82, 2.24) is 3.97 Å². The summed E-state index contributed by atoms with van der Waals surface area (Å²) in [6.45, 7) is 4.04. The van der Waals surface area contributed by atoms with Crippen LogP contribution in [0.4, 0.5) is 0 Å². The maximum Gasteiger partial charge on any atom is 0.268 e. The first kappa shape index (κ1) is 14.9. The molecule has 0 amide bonds. The van der Waals surface area contributed by atoms with E-state index in [1.54, 1.807) is 18.3 Å². The van der Waals surface area contributed by atoms with Crippen LogP contribution in [0.5, 0.6) is 0 Å². The van der Waals surface area contributed by atoms with Gasteiger partial charge in [0.15, 0.2) is 0 Å². The zero-order valence-electron chi connectivity index (χ0n) is 12.8. The van der Waals surface area contributed by atoms with Gasteiger partial charge in [0.05, 0.1) is 10.4 Å². The number of rotatable bonds is 4. The number of para-hydroxylation sites is 1. The van der Waals surface area contributed by atoms with Crippen LogP contribution >= 0.6 is 0 Å². The number of fused-ring (bicyclic) bond motifs is 1. The third kappa shape index (κ3) is 2.46. The first-order valence-electron chi connectivity index (χ1n) is 7.45. The molecule has 22 heavy (non-hydrogen) atoms. The number of aryl methyl sites for hydroxylation is 1. The second kappa shape index (κ2) is 5.65. The van der Waals surface area contributed by atoms with Crippen LogP contribution in [0.3, 0.4) is 0 Å². The van der Waals surface area contributed by atoms with Gasteiger partial charge in [-0.3, -0.25) is 0 Å². The van der Waals surface area contributed by atoms with Crippen LogP contribution in [0.25, 0.3) is 10.9 Å². The molecule has 3 aromatic rings. The smallest absolute Gasteiger partial charge is 0.241 e. The molecule has 0 bridgehead atoms. The van der Waals surface area contributed by atoms with Gasteiger partial charge in [0.25, 0.3) is 10.0 Å². The normalized spacial score (nSPS) is 11.7. The van der Waals surface area contributed by atoms with Crippen molar-refractivity contribution in [2.45, 2.75) is 25.0 Å². The van der Waals surface area contributed by atoms with Crippen molar-refractivity contribution in [1.29, 1.82) is 0 Å². The second-order valence-corrected chi connectivity index (χ2v) is 7.35. The molecule has 112 valence electrons. The molecule has 0 spiro atoms. The van der Waals surface area contributed by atoms with Crippen molar-refractivity contribution >= 4 is 28.2 Å². The Bertz CT molecular complexity index is 911. The molecule has 0 aliphatic carbocycles. The zero-order valence-corrected chi connectivity index (χ0v) is 13.6. The molecule has 0 aliphatic rings. The van der Waals surface area contributed by atoms with Crippen molar-refractivity contribution in [3.63, 3.8) is 0 Å². The molecule has 0 fully saturated rings. The fourth-order valence-corrected chi connectivity index (χ4v) is 4.10. The highest BCUT2D eigenvalue weighted by atomic mass is 32.2. The minimum absolute atomic E-state index is 0.321. The van der Waals surface area contributed by atoms with Crippen molar-refractivity contribution in [3.8, 4) is 0 Å². The molecule has 2 aromatic carbocycles. The van der Waals surface area contributed by atoms with Gasteiger partial charge in [-0.1, -0.05) is 49.0 Å². The molecular weight excluding hydrogens is 293 g/mol. The van der Waals surface area contributed by atoms with E-state index in [0.29, 0.717) is 4.90 Å². The highest BCUT2D eigenvalue weighted by Gasteiger charge is 2.20. The lowest BCUT2D eigenvalue weighted by Crippen LogP contribution is -2.11. The first-order valence-corrected chi connectivity index (χ1v) is 8.89. The van der Waals surface area contributed by atoms with Gasteiger partial charge < -0.3 is 0 Å². The summed E-state index contributed by atoms with van der Waals surface area (Å²) in [5.74, 6) is 0. The molecule has 0 N–H and O–H groups in total. The summed E-state index contributed by atoms with van der Waals surface area (Å²) in [6.07, 6.45) is 2.64. The van der Waals surface area contributed by atoms with E-state index in [4.69, 9.17) is 0 Å². The number of nitrogens with zero attached hydrogens (tertiary/aromatic N) is 1. The third-order valence-electron chi connectivity index (χ3n) is 3.86. The average Bonchev–Trinajstić information content (AvgIpc) is 2.88. The van der Waals surface area contributed by atoms with Crippen molar-refractivity contribution in [2.75, 3.05) is 0 Å². The summed E-state index contributed by atoms with van der Waals surface area (Å²) >= 11 is 0. The monoisotopic (exact) mass is 311 g/mol. The fraction of sp³-hybridized carbons (Fsp3) is 0.176. The van der Waals surface area contributed by atoms with Gasteiger partial charge >= 0.3 is 0 Å². The summed E-state index contributed by atoms with van der Waals surface area (Å²) < 4.78 is 27.3. The van der Waals surface area contributed by atoms with E-state index in [1.807, 2.05) is 43.3 Å². The number of benzene rings is 2. The Morgan fingerprint density at radius 1 is 1.05 bits per heavy atom.